The summed E-state index contributed by atoms with van der Waals surface area (Å²) in [6, 6.07) is -1.50. The molecule has 0 rings (SSSR count). The first kappa shape index (κ1) is 17.2. The molecule has 0 heterocycles. The van der Waals surface area contributed by atoms with Crippen molar-refractivity contribution < 1.29 is 19.5 Å². The van der Waals surface area contributed by atoms with Crippen LogP contribution in [0.25, 0.3) is 0 Å². The molecular formula is C12H23N3O4. The highest BCUT2D eigenvalue weighted by Crippen LogP contribution is 1.98. The fourth-order valence-electron chi connectivity index (χ4n) is 1.46. The van der Waals surface area contributed by atoms with Crippen LogP contribution in [-0.2, 0) is 9.59 Å². The maximum Gasteiger partial charge on any atom is 0.326 e. The minimum atomic E-state index is -1.07. The number of amides is 3. The predicted octanol–water partition coefficient (Wildman–Crippen LogP) is 0.406. The molecule has 0 saturated carbocycles. The van der Waals surface area contributed by atoms with Gasteiger partial charge >= 0.3 is 12.0 Å². The van der Waals surface area contributed by atoms with E-state index in [0.29, 0.717) is 12.8 Å². The van der Waals surface area contributed by atoms with Crippen molar-refractivity contribution in [2.45, 2.75) is 45.7 Å². The number of nitrogens with zero attached hydrogens (tertiary/aromatic N) is 1. The maximum atomic E-state index is 11.7. The van der Waals surface area contributed by atoms with Gasteiger partial charge in [-0.25, -0.2) is 9.59 Å². The van der Waals surface area contributed by atoms with Crippen molar-refractivity contribution in [1.29, 1.82) is 0 Å². The molecule has 0 unspecified atom stereocenters. The van der Waals surface area contributed by atoms with E-state index in [2.05, 4.69) is 10.6 Å². The molecule has 0 aliphatic heterocycles. The third kappa shape index (κ3) is 7.28. The Balaban J connectivity index is 4.32. The number of nitrogens with one attached hydrogen (secondary N) is 2. The van der Waals surface area contributed by atoms with Gasteiger partial charge in [0.2, 0.25) is 5.91 Å². The molecular weight excluding hydrogens is 250 g/mol. The van der Waals surface area contributed by atoms with Gasteiger partial charge in [0.15, 0.2) is 0 Å². The molecule has 0 aliphatic carbocycles. The zero-order chi connectivity index (χ0) is 15.0. The Kier molecular flexibility index (Phi) is 7.55. The number of hydrogen-bond acceptors (Lipinski definition) is 3. The summed E-state index contributed by atoms with van der Waals surface area (Å²) >= 11 is 0. The largest absolute Gasteiger partial charge is 0.480 e. The maximum absolute atomic E-state index is 11.7. The van der Waals surface area contributed by atoms with Gasteiger partial charge in [0.1, 0.15) is 12.6 Å². The molecule has 0 aromatic carbocycles. The van der Waals surface area contributed by atoms with Crippen LogP contribution in [0.4, 0.5) is 4.79 Å². The van der Waals surface area contributed by atoms with Crippen LogP contribution in [0.3, 0.4) is 0 Å². The summed E-state index contributed by atoms with van der Waals surface area (Å²) in [6.45, 7) is 5.36. The minimum Gasteiger partial charge on any atom is -0.480 e. The van der Waals surface area contributed by atoms with Gasteiger partial charge in [-0.1, -0.05) is 13.3 Å². The van der Waals surface area contributed by atoms with Gasteiger partial charge in [-0.15, -0.1) is 0 Å². The highest BCUT2D eigenvalue weighted by Gasteiger charge is 2.21. The van der Waals surface area contributed by atoms with Gasteiger partial charge in [-0.05, 0) is 20.3 Å². The molecule has 0 fully saturated rings. The van der Waals surface area contributed by atoms with Crippen molar-refractivity contribution in [3.05, 3.63) is 0 Å². The third-order valence-corrected chi connectivity index (χ3v) is 2.35. The van der Waals surface area contributed by atoms with E-state index in [4.69, 9.17) is 5.11 Å². The molecule has 0 saturated heterocycles. The van der Waals surface area contributed by atoms with E-state index in [-0.39, 0.29) is 18.5 Å². The van der Waals surface area contributed by atoms with E-state index >= 15 is 0 Å². The summed E-state index contributed by atoms with van der Waals surface area (Å²) in [6.07, 6.45) is 1.00. The van der Waals surface area contributed by atoms with E-state index in [1.807, 2.05) is 20.8 Å². The van der Waals surface area contributed by atoms with E-state index in [9.17, 15) is 14.4 Å². The van der Waals surface area contributed by atoms with Gasteiger partial charge in [-0.2, -0.15) is 0 Å². The molecule has 0 spiro atoms. The highest BCUT2D eigenvalue weighted by atomic mass is 16.4. The van der Waals surface area contributed by atoms with Crippen LogP contribution < -0.4 is 10.6 Å². The van der Waals surface area contributed by atoms with Crippen molar-refractivity contribution in [1.82, 2.24) is 15.5 Å². The summed E-state index contributed by atoms with van der Waals surface area (Å²) in [5.41, 5.74) is 0. The molecule has 0 aliphatic rings. The quantitative estimate of drug-likeness (QED) is 0.625. The Hall–Kier alpha value is -1.79. The Morgan fingerprint density at radius 1 is 1.21 bits per heavy atom. The number of carbonyl (C=O) groups excluding carboxylic acids is 2. The lowest BCUT2D eigenvalue weighted by Crippen LogP contribution is -2.49. The first-order valence-electron chi connectivity index (χ1n) is 6.31. The van der Waals surface area contributed by atoms with Crippen molar-refractivity contribution >= 4 is 17.9 Å². The zero-order valence-electron chi connectivity index (χ0n) is 11.9. The first-order chi connectivity index (χ1) is 8.77. The van der Waals surface area contributed by atoms with Gasteiger partial charge in [0.05, 0.1) is 0 Å². The van der Waals surface area contributed by atoms with E-state index in [1.54, 1.807) is 0 Å². The van der Waals surface area contributed by atoms with Crippen LogP contribution in [-0.4, -0.2) is 53.6 Å². The van der Waals surface area contributed by atoms with Crippen molar-refractivity contribution in [2.24, 2.45) is 0 Å². The lowest BCUT2D eigenvalue weighted by atomic mass is 10.2. The smallest absolute Gasteiger partial charge is 0.326 e. The molecule has 0 radical (unpaired) electrons. The van der Waals surface area contributed by atoms with E-state index < -0.39 is 18.0 Å². The fraction of sp³-hybridized carbons (Fsp3) is 0.750. The summed E-state index contributed by atoms with van der Waals surface area (Å²) in [5.74, 6) is -1.36. The Labute approximate surface area is 113 Å². The fourth-order valence-corrected chi connectivity index (χ4v) is 1.46. The standard InChI is InChI=1S/C12H23N3O4/c1-5-6-9(11(17)18)14-12(19)15(4)7-10(16)13-8(2)3/h8-9H,5-7H2,1-4H3,(H,13,16)(H,14,19)(H,17,18)/t9-/m0/s1. The average molecular weight is 273 g/mol. The lowest BCUT2D eigenvalue weighted by molar-refractivity contribution is -0.139. The second-order valence-corrected chi connectivity index (χ2v) is 4.71. The Morgan fingerprint density at radius 2 is 1.79 bits per heavy atom. The van der Waals surface area contributed by atoms with Crippen LogP contribution in [0, 0.1) is 0 Å². The van der Waals surface area contributed by atoms with Crippen molar-refractivity contribution in [3.63, 3.8) is 0 Å². The number of aliphatic carboxylic acids is 1. The normalized spacial score (nSPS) is 11.8. The minimum absolute atomic E-state index is 0.00387. The Bertz CT molecular complexity index is 331. The van der Waals surface area contributed by atoms with Crippen LogP contribution in [0.1, 0.15) is 33.6 Å². The number of urea groups is 1. The molecule has 110 valence electrons. The number of rotatable bonds is 7. The predicted molar refractivity (Wildman–Crippen MR) is 70.8 cm³/mol. The van der Waals surface area contributed by atoms with E-state index in [1.165, 1.54) is 7.05 Å². The highest BCUT2D eigenvalue weighted by molar-refractivity contribution is 5.86. The lowest BCUT2D eigenvalue weighted by Gasteiger charge is -2.21. The zero-order valence-corrected chi connectivity index (χ0v) is 11.9. The van der Waals surface area contributed by atoms with Crippen LogP contribution in [0.2, 0.25) is 0 Å². The van der Waals surface area contributed by atoms with Crippen LogP contribution in [0.5, 0.6) is 0 Å². The number of carbonyl (C=O) groups is 3. The topological polar surface area (TPSA) is 98.7 Å². The number of likely N-dealkylation sites (N-methyl/N-ethyl adjacent to an activating group) is 1. The first-order valence-corrected chi connectivity index (χ1v) is 6.31. The monoisotopic (exact) mass is 273 g/mol. The number of carboxylic acid groups (broad SMARTS) is 1. The van der Waals surface area contributed by atoms with Gasteiger partial charge in [-0.3, -0.25) is 4.79 Å². The van der Waals surface area contributed by atoms with E-state index in [0.717, 1.165) is 4.90 Å². The number of carboxylic acids is 1. The second kappa shape index (κ2) is 8.34. The molecule has 0 bridgehead atoms. The van der Waals surface area contributed by atoms with Crippen molar-refractivity contribution in [2.75, 3.05) is 13.6 Å². The molecule has 7 heteroatoms. The summed E-state index contributed by atoms with van der Waals surface area (Å²) in [4.78, 5) is 35.2. The van der Waals surface area contributed by atoms with Gasteiger partial charge in [0, 0.05) is 13.1 Å². The average Bonchev–Trinajstić information content (AvgIpc) is 2.26. The summed E-state index contributed by atoms with van der Waals surface area (Å²) in [5, 5.41) is 14.0. The molecule has 0 aromatic rings. The molecule has 19 heavy (non-hydrogen) atoms. The SMILES string of the molecule is CCC[C@H](NC(=O)N(C)CC(=O)NC(C)C)C(=O)O. The van der Waals surface area contributed by atoms with Crippen LogP contribution >= 0.6 is 0 Å². The van der Waals surface area contributed by atoms with Gasteiger partial charge < -0.3 is 20.6 Å². The summed E-state index contributed by atoms with van der Waals surface area (Å²) in [7, 11) is 1.44. The van der Waals surface area contributed by atoms with Gasteiger partial charge in [0.25, 0.3) is 0 Å². The molecule has 1 atom stereocenters. The molecule has 7 nitrogen and oxygen atoms in total. The van der Waals surface area contributed by atoms with Crippen molar-refractivity contribution in [3.8, 4) is 0 Å². The third-order valence-electron chi connectivity index (χ3n) is 2.35. The Morgan fingerprint density at radius 3 is 2.21 bits per heavy atom. The molecule has 3 amide bonds. The second-order valence-electron chi connectivity index (χ2n) is 4.71. The van der Waals surface area contributed by atoms with Crippen LogP contribution in [0.15, 0.2) is 0 Å². The number of hydrogen-bond donors (Lipinski definition) is 3. The molecule has 0 aromatic heterocycles. The molecule has 3 N–H and O–H groups in total. The summed E-state index contributed by atoms with van der Waals surface area (Å²) < 4.78 is 0.